The van der Waals surface area contributed by atoms with Crippen LogP contribution < -0.4 is 10.6 Å². The molecule has 0 bridgehead atoms. The molecule has 0 radical (unpaired) electrons. The summed E-state index contributed by atoms with van der Waals surface area (Å²) >= 11 is 8.54. The van der Waals surface area contributed by atoms with Crippen molar-refractivity contribution in [2.45, 2.75) is 18.9 Å². The second-order valence-corrected chi connectivity index (χ2v) is 6.55. The lowest BCUT2D eigenvalue weighted by Gasteiger charge is -2.39. The highest BCUT2D eigenvalue weighted by molar-refractivity contribution is 9.10. The van der Waals surface area contributed by atoms with Gasteiger partial charge in [0.05, 0.1) is 0 Å². The Morgan fingerprint density at radius 1 is 1.40 bits per heavy atom. The molecule has 20 heavy (non-hydrogen) atoms. The number of piperazine rings is 1. The summed E-state index contributed by atoms with van der Waals surface area (Å²) in [5.41, 5.74) is 7.68. The van der Waals surface area contributed by atoms with Crippen LogP contribution in [0.25, 0.3) is 0 Å². The van der Waals surface area contributed by atoms with Crippen molar-refractivity contribution in [1.82, 2.24) is 4.90 Å². The van der Waals surface area contributed by atoms with Gasteiger partial charge in [0.15, 0.2) is 0 Å². The summed E-state index contributed by atoms with van der Waals surface area (Å²) in [5, 5.41) is 0. The second-order valence-electron chi connectivity index (χ2n) is 5.25. The Balaban J connectivity index is 1.79. The molecule has 3 rings (SSSR count). The molecule has 0 aliphatic carbocycles. The van der Waals surface area contributed by atoms with Crippen molar-refractivity contribution in [3.63, 3.8) is 0 Å². The topological polar surface area (TPSA) is 49.6 Å². The van der Waals surface area contributed by atoms with Gasteiger partial charge in [-0.15, -0.1) is 0 Å². The average Bonchev–Trinajstić information content (AvgIpc) is 2.79. The molecule has 0 aromatic heterocycles. The van der Waals surface area contributed by atoms with E-state index < -0.39 is 0 Å². The molecule has 2 aliphatic heterocycles. The van der Waals surface area contributed by atoms with Crippen molar-refractivity contribution < 1.29 is 4.79 Å². The molecule has 2 N–H and O–H groups in total. The van der Waals surface area contributed by atoms with E-state index in [0.29, 0.717) is 23.4 Å². The van der Waals surface area contributed by atoms with E-state index in [0.717, 1.165) is 41.8 Å². The fourth-order valence-electron chi connectivity index (χ4n) is 3.00. The van der Waals surface area contributed by atoms with Gasteiger partial charge in [-0.05, 0) is 40.5 Å². The molecule has 1 amide bonds. The molecular formula is C14H16BrN3OS. The normalized spacial score (nSPS) is 22.1. The summed E-state index contributed by atoms with van der Waals surface area (Å²) in [6, 6.07) is 6.42. The van der Waals surface area contributed by atoms with E-state index in [1.54, 1.807) is 0 Å². The zero-order chi connectivity index (χ0) is 14.3. The van der Waals surface area contributed by atoms with Crippen molar-refractivity contribution in [2.75, 3.05) is 24.5 Å². The number of carbonyl (C=O) groups excluding carboxylic acids is 1. The van der Waals surface area contributed by atoms with Crippen LogP contribution in [0.3, 0.4) is 0 Å². The van der Waals surface area contributed by atoms with Crippen molar-refractivity contribution >= 4 is 44.7 Å². The maximum atomic E-state index is 11.7. The van der Waals surface area contributed by atoms with Gasteiger partial charge >= 0.3 is 0 Å². The Labute approximate surface area is 132 Å². The van der Waals surface area contributed by atoms with Gasteiger partial charge < -0.3 is 15.5 Å². The van der Waals surface area contributed by atoms with E-state index in [-0.39, 0.29) is 0 Å². The van der Waals surface area contributed by atoms with Gasteiger partial charge in [0.1, 0.15) is 4.99 Å². The number of benzene rings is 1. The summed E-state index contributed by atoms with van der Waals surface area (Å²) in [4.78, 5) is 16.4. The van der Waals surface area contributed by atoms with Gasteiger partial charge in [0, 0.05) is 47.8 Å². The van der Waals surface area contributed by atoms with Crippen molar-refractivity contribution in [2.24, 2.45) is 5.73 Å². The van der Waals surface area contributed by atoms with E-state index in [2.05, 4.69) is 26.9 Å². The third-order valence-corrected chi connectivity index (χ3v) is 4.95. The van der Waals surface area contributed by atoms with Gasteiger partial charge in [-0.3, -0.25) is 4.79 Å². The molecule has 2 saturated heterocycles. The molecule has 0 spiro atoms. The van der Waals surface area contributed by atoms with Crippen LogP contribution in [0, 0.1) is 0 Å². The van der Waals surface area contributed by atoms with Crippen molar-refractivity contribution in [3.05, 3.63) is 28.2 Å². The lowest BCUT2D eigenvalue weighted by Crippen LogP contribution is -2.51. The summed E-state index contributed by atoms with van der Waals surface area (Å²) in [6.07, 6.45) is 1.67. The Kier molecular flexibility index (Phi) is 3.69. The number of hydrogen-bond acceptors (Lipinski definition) is 3. The maximum absolute atomic E-state index is 11.7. The monoisotopic (exact) mass is 353 g/mol. The average molecular weight is 354 g/mol. The van der Waals surface area contributed by atoms with E-state index >= 15 is 0 Å². The molecule has 0 saturated carbocycles. The van der Waals surface area contributed by atoms with Gasteiger partial charge in [-0.25, -0.2) is 0 Å². The Bertz CT molecular complexity index is 578. The standard InChI is InChI=1S/C14H16BrN3OS/c15-12-7-9(1-3-11(12)14(16)20)17-5-6-18-10(8-17)2-4-13(18)19/h1,3,7,10H,2,4-6,8H2,(H2,16,20). The summed E-state index contributed by atoms with van der Waals surface area (Å²) in [7, 11) is 0. The predicted molar refractivity (Wildman–Crippen MR) is 87.0 cm³/mol. The Morgan fingerprint density at radius 2 is 2.20 bits per heavy atom. The molecule has 1 unspecified atom stereocenters. The minimum atomic E-state index is 0.305. The highest BCUT2D eigenvalue weighted by Gasteiger charge is 2.35. The lowest BCUT2D eigenvalue weighted by atomic mass is 10.1. The third kappa shape index (κ3) is 2.42. The first-order valence-electron chi connectivity index (χ1n) is 6.70. The van der Waals surface area contributed by atoms with Gasteiger partial charge in [-0.1, -0.05) is 12.2 Å². The quantitative estimate of drug-likeness (QED) is 0.825. The van der Waals surface area contributed by atoms with Crippen molar-refractivity contribution in [1.29, 1.82) is 0 Å². The lowest BCUT2D eigenvalue weighted by molar-refractivity contribution is -0.129. The SMILES string of the molecule is NC(=S)c1ccc(N2CCN3C(=O)CCC3C2)cc1Br. The van der Waals surface area contributed by atoms with Crippen molar-refractivity contribution in [3.8, 4) is 0 Å². The summed E-state index contributed by atoms with van der Waals surface area (Å²) in [5.74, 6) is 0.305. The number of amides is 1. The van der Waals surface area contributed by atoms with Crippen LogP contribution in [0.15, 0.2) is 22.7 Å². The first kappa shape index (κ1) is 13.8. The van der Waals surface area contributed by atoms with Crippen LogP contribution in [0.1, 0.15) is 18.4 Å². The number of anilines is 1. The van der Waals surface area contributed by atoms with Crippen LogP contribution in [0.2, 0.25) is 0 Å². The fourth-order valence-corrected chi connectivity index (χ4v) is 3.89. The Hall–Kier alpha value is -1.14. The van der Waals surface area contributed by atoms with Crippen LogP contribution in [-0.4, -0.2) is 41.5 Å². The number of fused-ring (bicyclic) bond motifs is 1. The van der Waals surface area contributed by atoms with Crippen LogP contribution >= 0.6 is 28.1 Å². The van der Waals surface area contributed by atoms with E-state index in [1.165, 1.54) is 0 Å². The highest BCUT2D eigenvalue weighted by Crippen LogP contribution is 2.29. The number of rotatable bonds is 2. The maximum Gasteiger partial charge on any atom is 0.223 e. The number of halogens is 1. The number of nitrogens with two attached hydrogens (primary N) is 1. The highest BCUT2D eigenvalue weighted by atomic mass is 79.9. The second kappa shape index (κ2) is 5.33. The zero-order valence-electron chi connectivity index (χ0n) is 11.0. The van der Waals surface area contributed by atoms with E-state index in [9.17, 15) is 4.79 Å². The molecule has 1 atom stereocenters. The molecule has 2 aliphatic rings. The smallest absolute Gasteiger partial charge is 0.223 e. The van der Waals surface area contributed by atoms with E-state index in [4.69, 9.17) is 18.0 Å². The largest absolute Gasteiger partial charge is 0.389 e. The molecular weight excluding hydrogens is 338 g/mol. The zero-order valence-corrected chi connectivity index (χ0v) is 13.4. The Morgan fingerprint density at radius 3 is 2.90 bits per heavy atom. The third-order valence-electron chi connectivity index (χ3n) is 4.08. The van der Waals surface area contributed by atoms with Crippen LogP contribution in [-0.2, 0) is 4.79 Å². The number of nitrogens with zero attached hydrogens (tertiary/aromatic N) is 2. The molecule has 106 valence electrons. The number of hydrogen-bond donors (Lipinski definition) is 1. The van der Waals surface area contributed by atoms with Crippen LogP contribution in [0.4, 0.5) is 5.69 Å². The summed E-state index contributed by atoms with van der Waals surface area (Å²) in [6.45, 7) is 2.60. The minimum absolute atomic E-state index is 0.305. The van der Waals surface area contributed by atoms with Gasteiger partial charge in [0.2, 0.25) is 5.91 Å². The van der Waals surface area contributed by atoms with Gasteiger partial charge in [0.25, 0.3) is 0 Å². The molecule has 4 nitrogen and oxygen atoms in total. The molecule has 1 aromatic rings. The van der Waals surface area contributed by atoms with E-state index in [1.807, 2.05) is 17.0 Å². The predicted octanol–water partition coefficient (Wildman–Crippen LogP) is 1.89. The van der Waals surface area contributed by atoms with Gasteiger partial charge in [-0.2, -0.15) is 0 Å². The minimum Gasteiger partial charge on any atom is -0.389 e. The molecule has 1 aromatic carbocycles. The molecule has 2 fully saturated rings. The fraction of sp³-hybridized carbons (Fsp3) is 0.429. The summed E-state index contributed by atoms with van der Waals surface area (Å²) < 4.78 is 0.924. The molecule has 6 heteroatoms. The molecule has 2 heterocycles. The number of carbonyl (C=O) groups is 1. The first-order chi connectivity index (χ1) is 9.56. The van der Waals surface area contributed by atoms with Crippen LogP contribution in [0.5, 0.6) is 0 Å². The number of thiocarbonyl (C=S) groups is 1. The first-order valence-corrected chi connectivity index (χ1v) is 7.90.